The van der Waals surface area contributed by atoms with Crippen LogP contribution >= 0.6 is 11.8 Å². The van der Waals surface area contributed by atoms with Crippen molar-refractivity contribution in [3.8, 4) is 23.0 Å². The largest absolute Gasteiger partial charge is 0.573 e. The molecule has 0 unspecified atom stereocenters. The Morgan fingerprint density at radius 1 is 1.28 bits per heavy atom. The number of nitrogens with two attached hydrogens (primary N) is 1. The fourth-order valence-corrected chi connectivity index (χ4v) is 4.89. The number of fused-ring (bicyclic) bond motifs is 1. The number of aliphatic hydroxyl groups is 1. The number of anilines is 1. The third-order valence-electron chi connectivity index (χ3n) is 5.93. The smallest absolute Gasteiger partial charge is 0.497 e. The van der Waals surface area contributed by atoms with Gasteiger partial charge in [0.15, 0.2) is 22.5 Å². The molecule has 0 atom stereocenters. The Morgan fingerprint density at radius 3 is 2.69 bits per heavy atom. The fraction of sp³-hybridized carbons (Fsp3) is 0.455. The van der Waals surface area contributed by atoms with E-state index in [4.69, 9.17) is 15.6 Å². The maximum atomic E-state index is 12.9. The highest BCUT2D eigenvalue weighted by molar-refractivity contribution is 7.99. The second kappa shape index (κ2) is 10.8. The van der Waals surface area contributed by atoms with Crippen LogP contribution in [0, 0.1) is 5.92 Å². The lowest BCUT2D eigenvalue weighted by atomic mass is 9.93. The number of methoxy groups -OCH3 is 1. The number of carbonyl (C=O) groups excluding carboxylic acids is 1. The van der Waals surface area contributed by atoms with E-state index in [0.717, 1.165) is 31.0 Å². The van der Waals surface area contributed by atoms with Gasteiger partial charge in [-0.1, -0.05) is 0 Å². The zero-order valence-corrected chi connectivity index (χ0v) is 20.2. The minimum absolute atomic E-state index is 0.129. The van der Waals surface area contributed by atoms with E-state index >= 15 is 0 Å². The number of aliphatic hydroxyl groups excluding tert-OH is 1. The molecule has 1 aromatic carbocycles. The number of aromatic nitrogens is 4. The summed E-state index contributed by atoms with van der Waals surface area (Å²) in [4.78, 5) is 26.5. The van der Waals surface area contributed by atoms with E-state index < -0.39 is 18.7 Å². The highest BCUT2D eigenvalue weighted by Gasteiger charge is 2.33. The first kappa shape index (κ1) is 25.8. The Kier molecular flexibility index (Phi) is 7.73. The van der Waals surface area contributed by atoms with Gasteiger partial charge in [-0.05, 0) is 55.1 Å². The molecule has 0 radical (unpaired) electrons. The number of aryl methyl sites for hydroxylation is 1. The summed E-state index contributed by atoms with van der Waals surface area (Å²) in [5.74, 6) is 0.707. The quantitative estimate of drug-likeness (QED) is 0.455. The van der Waals surface area contributed by atoms with Crippen molar-refractivity contribution in [2.45, 2.75) is 42.2 Å². The van der Waals surface area contributed by atoms with Crippen LogP contribution in [0.1, 0.15) is 19.3 Å². The average molecular weight is 527 g/mol. The standard InChI is InChI=1S/C22H25F3N6O4S/c1-34-14-2-3-15(35-22(23,24)25)16(10-14)36-21-28-18-19(26)27-12-31(20(18)29-21)9-6-13-4-7-30(8-5-13)17(33)11-32/h2-3,10,12-13,32H,4-9,11,26H2,1H3. The number of piperidine rings is 1. The molecule has 3 aliphatic rings. The van der Waals surface area contributed by atoms with Crippen LogP contribution in [0.4, 0.5) is 19.0 Å². The molecule has 3 aliphatic heterocycles. The monoisotopic (exact) mass is 526 g/mol. The molecule has 0 aliphatic carbocycles. The second-order valence-corrected chi connectivity index (χ2v) is 9.24. The number of carbonyl (C=O) groups is 1. The van der Waals surface area contributed by atoms with Gasteiger partial charge in [0.1, 0.15) is 18.1 Å². The zero-order valence-electron chi connectivity index (χ0n) is 19.4. The van der Waals surface area contributed by atoms with Crippen molar-refractivity contribution < 1.29 is 32.5 Å². The van der Waals surface area contributed by atoms with Crippen molar-refractivity contribution in [2.75, 3.05) is 32.5 Å². The van der Waals surface area contributed by atoms with E-state index in [1.807, 2.05) is 4.57 Å². The Balaban J connectivity index is 1.51. The van der Waals surface area contributed by atoms with E-state index in [-0.39, 0.29) is 21.8 Å². The van der Waals surface area contributed by atoms with Crippen molar-refractivity contribution in [1.82, 2.24) is 24.4 Å². The number of imidazole rings is 1. The number of nitrogens with zero attached hydrogens (tertiary/aromatic N) is 5. The van der Waals surface area contributed by atoms with Crippen molar-refractivity contribution in [1.29, 1.82) is 0 Å². The first-order valence-electron chi connectivity index (χ1n) is 11.2. The van der Waals surface area contributed by atoms with Crippen molar-refractivity contribution in [2.24, 2.45) is 5.92 Å². The number of rotatable bonds is 8. The van der Waals surface area contributed by atoms with Gasteiger partial charge in [-0.2, -0.15) is 0 Å². The lowest BCUT2D eigenvalue weighted by Gasteiger charge is -2.31. The lowest BCUT2D eigenvalue weighted by molar-refractivity contribution is -0.275. The van der Waals surface area contributed by atoms with Crippen LogP contribution in [-0.4, -0.2) is 68.6 Å². The normalized spacial score (nSPS) is 14.9. The minimum atomic E-state index is -4.86. The van der Waals surface area contributed by atoms with Crippen LogP contribution < -0.4 is 15.2 Å². The maximum absolute atomic E-state index is 12.9. The van der Waals surface area contributed by atoms with Gasteiger partial charge >= 0.3 is 6.36 Å². The van der Waals surface area contributed by atoms with Crippen LogP contribution in [0.25, 0.3) is 11.5 Å². The van der Waals surface area contributed by atoms with Gasteiger partial charge < -0.3 is 29.8 Å². The number of hydrogen-bond donors (Lipinski definition) is 2. The fourth-order valence-electron chi connectivity index (χ4n) is 4.04. The predicted octanol–water partition coefficient (Wildman–Crippen LogP) is 3.04. The lowest BCUT2D eigenvalue weighted by Crippen LogP contribution is -2.40. The Hall–Kier alpha value is -3.26. The van der Waals surface area contributed by atoms with Gasteiger partial charge in [-0.25, -0.2) is 15.0 Å². The summed E-state index contributed by atoms with van der Waals surface area (Å²) in [7, 11) is 1.41. The topological polar surface area (TPSA) is 129 Å². The molecule has 3 heterocycles. The number of nitrogen functional groups attached to an aromatic ring is 1. The first-order chi connectivity index (χ1) is 17.2. The van der Waals surface area contributed by atoms with Gasteiger partial charge in [0.2, 0.25) is 5.91 Å². The van der Waals surface area contributed by atoms with Gasteiger partial charge in [0.05, 0.1) is 18.3 Å². The number of likely N-dealkylation sites (tertiary alicyclic amines) is 1. The van der Waals surface area contributed by atoms with Gasteiger partial charge in [0.25, 0.3) is 0 Å². The van der Waals surface area contributed by atoms with E-state index in [2.05, 4.69) is 19.7 Å². The molecule has 10 nitrogen and oxygen atoms in total. The number of amides is 1. The zero-order chi connectivity index (χ0) is 25.9. The van der Waals surface area contributed by atoms with Gasteiger partial charge in [-0.3, -0.25) is 4.79 Å². The molecule has 36 heavy (non-hydrogen) atoms. The highest BCUT2D eigenvalue weighted by Crippen LogP contribution is 2.40. The molecule has 0 aromatic heterocycles. The second-order valence-electron chi connectivity index (χ2n) is 8.24. The van der Waals surface area contributed by atoms with E-state index in [1.54, 1.807) is 11.2 Å². The number of halogens is 3. The number of ether oxygens (including phenoxy) is 2. The number of benzene rings is 1. The van der Waals surface area contributed by atoms with E-state index in [1.165, 1.54) is 25.3 Å². The third kappa shape index (κ3) is 6.10. The predicted molar refractivity (Wildman–Crippen MR) is 124 cm³/mol. The average Bonchev–Trinajstić information content (AvgIpc) is 3.28. The Bertz CT molecular complexity index is 1180. The van der Waals surface area contributed by atoms with Crippen LogP contribution in [0.3, 0.4) is 0 Å². The Morgan fingerprint density at radius 2 is 2.03 bits per heavy atom. The van der Waals surface area contributed by atoms with E-state index in [9.17, 15) is 18.0 Å². The summed E-state index contributed by atoms with van der Waals surface area (Å²) < 4.78 is 49.7. The third-order valence-corrected chi connectivity index (χ3v) is 6.83. The molecule has 1 saturated heterocycles. The molecule has 0 bridgehead atoms. The van der Waals surface area contributed by atoms with Crippen molar-refractivity contribution >= 4 is 23.5 Å². The molecule has 1 fully saturated rings. The maximum Gasteiger partial charge on any atom is 0.573 e. The molecule has 4 rings (SSSR count). The van der Waals surface area contributed by atoms with Crippen LogP contribution in [0.5, 0.6) is 11.5 Å². The molecule has 0 saturated carbocycles. The molecule has 0 spiro atoms. The molecule has 14 heteroatoms. The Labute approximate surface area is 209 Å². The molecule has 1 aromatic rings. The molecule has 194 valence electrons. The molecular formula is C22H25F3N6O4S. The van der Waals surface area contributed by atoms with Crippen LogP contribution in [0.15, 0.2) is 34.6 Å². The summed E-state index contributed by atoms with van der Waals surface area (Å²) >= 11 is 0.897. The SMILES string of the molecule is COc1ccc(OC(F)(F)F)c(Sc2nc3c(N)ncn(CCC4CCN(C(=O)CO)CC4)c-3n2)c1. The summed E-state index contributed by atoms with van der Waals surface area (Å²) in [6.45, 7) is 1.30. The van der Waals surface area contributed by atoms with E-state index in [0.29, 0.717) is 42.8 Å². The summed E-state index contributed by atoms with van der Waals surface area (Å²) in [6.07, 6.45) is -0.844. The molecule has 1 amide bonds. The van der Waals surface area contributed by atoms with Crippen molar-refractivity contribution in [3.05, 3.63) is 24.5 Å². The van der Waals surface area contributed by atoms with Crippen LogP contribution in [-0.2, 0) is 11.3 Å². The minimum Gasteiger partial charge on any atom is -0.497 e. The van der Waals surface area contributed by atoms with Crippen molar-refractivity contribution in [3.63, 3.8) is 0 Å². The molecular weight excluding hydrogens is 501 g/mol. The summed E-state index contributed by atoms with van der Waals surface area (Å²) in [6, 6.07) is 3.96. The highest BCUT2D eigenvalue weighted by atomic mass is 32.2. The summed E-state index contributed by atoms with van der Waals surface area (Å²) in [5, 5.41) is 9.21. The molecule has 3 N–H and O–H groups in total. The first-order valence-corrected chi connectivity index (χ1v) is 12.0. The number of hydrogen-bond acceptors (Lipinski definition) is 9. The number of alkyl halides is 3. The summed E-state index contributed by atoms with van der Waals surface area (Å²) in [5.41, 5.74) is 6.35. The van der Waals surface area contributed by atoms with Gasteiger partial charge in [0, 0.05) is 19.6 Å². The van der Waals surface area contributed by atoms with Gasteiger partial charge in [-0.15, -0.1) is 13.2 Å². The van der Waals surface area contributed by atoms with Crippen LogP contribution in [0.2, 0.25) is 0 Å².